The van der Waals surface area contributed by atoms with Gasteiger partial charge in [-0.15, -0.1) is 0 Å². The first-order valence-electron chi connectivity index (χ1n) is 7.07. The molecule has 1 rings (SSSR count). The number of carbonyl (C=O) groups excluding carboxylic acids is 1. The average Bonchev–Trinajstić information content (AvgIpc) is 2.48. The van der Waals surface area contributed by atoms with Crippen molar-refractivity contribution in [2.75, 3.05) is 32.6 Å². The third-order valence-corrected chi connectivity index (χ3v) is 3.31. The highest BCUT2D eigenvalue weighted by molar-refractivity contribution is 5.90. The lowest BCUT2D eigenvalue weighted by atomic mass is 10.1. The summed E-state index contributed by atoms with van der Waals surface area (Å²) in [6.45, 7) is 3.16. The number of methoxy groups -OCH3 is 2. The van der Waals surface area contributed by atoms with Gasteiger partial charge >= 0.3 is 12.2 Å². The van der Waals surface area contributed by atoms with Crippen LogP contribution in [0.25, 0.3) is 0 Å². The van der Waals surface area contributed by atoms with Crippen molar-refractivity contribution in [3.63, 3.8) is 0 Å². The fourth-order valence-corrected chi connectivity index (χ4v) is 1.97. The van der Waals surface area contributed by atoms with Gasteiger partial charge in [0.05, 0.1) is 20.6 Å². The van der Waals surface area contributed by atoms with E-state index in [0.717, 1.165) is 4.90 Å². The molecule has 130 valence electrons. The molecule has 0 unspecified atom stereocenters. The number of alkyl halides is 3. The summed E-state index contributed by atoms with van der Waals surface area (Å²) in [6.07, 6.45) is -5.34. The number of benzene rings is 1. The second kappa shape index (κ2) is 7.94. The Bertz CT molecular complexity index is 548. The van der Waals surface area contributed by atoms with Gasteiger partial charge in [-0.05, 0) is 25.5 Å². The molecule has 5 nitrogen and oxygen atoms in total. The van der Waals surface area contributed by atoms with Crippen LogP contribution in [-0.4, -0.2) is 44.4 Å². The first-order valence-corrected chi connectivity index (χ1v) is 7.07. The van der Waals surface area contributed by atoms with E-state index in [1.165, 1.54) is 14.2 Å². The van der Waals surface area contributed by atoms with Crippen molar-refractivity contribution in [3.8, 4) is 11.5 Å². The van der Waals surface area contributed by atoms with Crippen LogP contribution in [0.2, 0.25) is 0 Å². The number of carbonyl (C=O) groups is 1. The van der Waals surface area contributed by atoms with Crippen molar-refractivity contribution in [2.24, 2.45) is 0 Å². The number of anilines is 1. The maximum atomic E-state index is 12.3. The van der Waals surface area contributed by atoms with Crippen molar-refractivity contribution >= 4 is 11.7 Å². The Kier molecular flexibility index (Phi) is 6.53. The van der Waals surface area contributed by atoms with Crippen LogP contribution in [0.3, 0.4) is 0 Å². The topological polar surface area (TPSA) is 50.8 Å². The quantitative estimate of drug-likeness (QED) is 0.860. The van der Waals surface area contributed by atoms with Crippen LogP contribution in [0.15, 0.2) is 12.1 Å². The van der Waals surface area contributed by atoms with Gasteiger partial charge in [-0.1, -0.05) is 0 Å². The minimum Gasteiger partial charge on any atom is -0.493 e. The van der Waals surface area contributed by atoms with E-state index in [4.69, 9.17) is 9.47 Å². The van der Waals surface area contributed by atoms with E-state index >= 15 is 0 Å². The fourth-order valence-electron chi connectivity index (χ4n) is 1.97. The molecule has 0 radical (unpaired) electrons. The monoisotopic (exact) mass is 334 g/mol. The molecule has 0 aliphatic rings. The van der Waals surface area contributed by atoms with Crippen LogP contribution < -0.4 is 14.8 Å². The Morgan fingerprint density at radius 3 is 2.26 bits per heavy atom. The van der Waals surface area contributed by atoms with E-state index in [9.17, 15) is 18.0 Å². The summed E-state index contributed by atoms with van der Waals surface area (Å²) in [5, 5.41) is 2.61. The maximum Gasteiger partial charge on any atom is 0.390 e. The molecule has 0 atom stereocenters. The van der Waals surface area contributed by atoms with Crippen LogP contribution in [0.5, 0.6) is 11.5 Å². The summed E-state index contributed by atoms with van der Waals surface area (Å²) in [4.78, 5) is 13.2. The summed E-state index contributed by atoms with van der Waals surface area (Å²) in [5.74, 6) is 0.930. The van der Waals surface area contributed by atoms with Gasteiger partial charge in [0.2, 0.25) is 0 Å². The molecule has 0 saturated carbocycles. The number of hydrogen-bond acceptors (Lipinski definition) is 3. The molecule has 0 spiro atoms. The number of amides is 2. The number of hydrogen-bond donors (Lipinski definition) is 1. The largest absolute Gasteiger partial charge is 0.493 e. The van der Waals surface area contributed by atoms with Crippen molar-refractivity contribution in [1.29, 1.82) is 0 Å². The molecule has 0 aliphatic carbocycles. The first-order chi connectivity index (χ1) is 10.7. The lowest BCUT2D eigenvalue weighted by Crippen LogP contribution is -2.37. The molecule has 0 bridgehead atoms. The van der Waals surface area contributed by atoms with Gasteiger partial charge in [-0.3, -0.25) is 0 Å². The lowest BCUT2D eigenvalue weighted by molar-refractivity contribution is -0.136. The SMILES string of the molecule is CCN(CCC(F)(F)F)C(=O)Nc1cc(OC)c(OC)cc1C. The van der Waals surface area contributed by atoms with Gasteiger partial charge in [0.25, 0.3) is 0 Å². The average molecular weight is 334 g/mol. The normalized spacial score (nSPS) is 11.1. The number of nitrogens with zero attached hydrogens (tertiary/aromatic N) is 1. The van der Waals surface area contributed by atoms with Gasteiger partial charge in [0.15, 0.2) is 11.5 Å². The van der Waals surface area contributed by atoms with Crippen molar-refractivity contribution in [1.82, 2.24) is 4.90 Å². The second-order valence-corrected chi connectivity index (χ2v) is 4.90. The molecular formula is C15H21F3N2O3. The number of ether oxygens (including phenoxy) is 2. The molecule has 1 aromatic carbocycles. The highest BCUT2D eigenvalue weighted by Crippen LogP contribution is 2.33. The van der Waals surface area contributed by atoms with Crippen molar-refractivity contribution < 1.29 is 27.4 Å². The predicted molar refractivity (Wildman–Crippen MR) is 81.2 cm³/mol. The molecule has 1 aromatic rings. The van der Waals surface area contributed by atoms with Crippen LogP contribution in [0.4, 0.5) is 23.7 Å². The zero-order valence-corrected chi connectivity index (χ0v) is 13.6. The second-order valence-electron chi connectivity index (χ2n) is 4.90. The van der Waals surface area contributed by atoms with E-state index < -0.39 is 25.2 Å². The molecule has 8 heteroatoms. The Balaban J connectivity index is 2.86. The summed E-state index contributed by atoms with van der Waals surface area (Å²) in [5.41, 5.74) is 1.17. The summed E-state index contributed by atoms with van der Waals surface area (Å²) < 4.78 is 47.2. The molecule has 0 aromatic heterocycles. The smallest absolute Gasteiger partial charge is 0.390 e. The Labute approximate surface area is 133 Å². The van der Waals surface area contributed by atoms with Gasteiger partial charge < -0.3 is 19.7 Å². The number of rotatable bonds is 6. The molecule has 23 heavy (non-hydrogen) atoms. The van der Waals surface area contributed by atoms with E-state index in [-0.39, 0.29) is 6.54 Å². The summed E-state index contributed by atoms with van der Waals surface area (Å²) >= 11 is 0. The lowest BCUT2D eigenvalue weighted by Gasteiger charge is -2.23. The van der Waals surface area contributed by atoms with Crippen LogP contribution in [0.1, 0.15) is 18.9 Å². The standard InChI is InChI=1S/C15H21F3N2O3/c1-5-20(7-6-15(16,17)18)14(21)19-11-9-13(23-4)12(22-3)8-10(11)2/h8-9H,5-7H2,1-4H3,(H,19,21). The first kappa shape index (κ1) is 18.9. The third-order valence-electron chi connectivity index (χ3n) is 3.31. The zero-order valence-electron chi connectivity index (χ0n) is 13.6. The Morgan fingerprint density at radius 2 is 1.78 bits per heavy atom. The van der Waals surface area contributed by atoms with E-state index in [2.05, 4.69) is 5.32 Å². The maximum absolute atomic E-state index is 12.3. The van der Waals surface area contributed by atoms with Crippen LogP contribution in [-0.2, 0) is 0 Å². The molecule has 0 fully saturated rings. The van der Waals surface area contributed by atoms with Crippen LogP contribution >= 0.6 is 0 Å². The number of nitrogens with one attached hydrogen (secondary N) is 1. The Hall–Kier alpha value is -2.12. The summed E-state index contributed by atoms with van der Waals surface area (Å²) in [6, 6.07) is 2.66. The van der Waals surface area contributed by atoms with Gasteiger partial charge in [0, 0.05) is 24.8 Å². The third kappa shape index (κ3) is 5.54. The van der Waals surface area contributed by atoms with Crippen molar-refractivity contribution in [2.45, 2.75) is 26.4 Å². The molecule has 1 N–H and O–H groups in total. The molecule has 0 saturated heterocycles. The van der Waals surface area contributed by atoms with Gasteiger partial charge in [0.1, 0.15) is 0 Å². The zero-order chi connectivity index (χ0) is 17.6. The highest BCUT2D eigenvalue weighted by Gasteiger charge is 2.28. The van der Waals surface area contributed by atoms with E-state index in [1.54, 1.807) is 26.0 Å². The fraction of sp³-hybridized carbons (Fsp3) is 0.533. The van der Waals surface area contributed by atoms with Crippen LogP contribution in [0, 0.1) is 6.92 Å². The summed E-state index contributed by atoms with van der Waals surface area (Å²) in [7, 11) is 2.95. The Morgan fingerprint density at radius 1 is 1.22 bits per heavy atom. The predicted octanol–water partition coefficient (Wildman–Crippen LogP) is 3.82. The minimum atomic E-state index is -4.30. The molecule has 0 aliphatic heterocycles. The van der Waals surface area contributed by atoms with Gasteiger partial charge in [-0.25, -0.2) is 4.79 Å². The number of aryl methyl sites for hydroxylation is 1. The van der Waals surface area contributed by atoms with E-state index in [0.29, 0.717) is 22.7 Å². The van der Waals surface area contributed by atoms with Gasteiger partial charge in [-0.2, -0.15) is 13.2 Å². The number of halogens is 3. The highest BCUT2D eigenvalue weighted by atomic mass is 19.4. The molecule has 2 amide bonds. The molecular weight excluding hydrogens is 313 g/mol. The van der Waals surface area contributed by atoms with Crippen molar-refractivity contribution in [3.05, 3.63) is 17.7 Å². The minimum absolute atomic E-state index is 0.175. The number of urea groups is 1. The molecule has 0 heterocycles. The van der Waals surface area contributed by atoms with E-state index in [1.807, 2.05) is 0 Å².